The van der Waals surface area contributed by atoms with Crippen LogP contribution in [0.15, 0.2) is 71.2 Å². The summed E-state index contributed by atoms with van der Waals surface area (Å²) in [6.45, 7) is 8.78. The molecule has 26 heavy (non-hydrogen) atoms. The molecule has 0 aliphatic carbocycles. The number of allylic oxidation sites excluding steroid dienone is 1. The highest BCUT2D eigenvalue weighted by atomic mass is 79.9. The number of ether oxygens (including phenoxy) is 1. The summed E-state index contributed by atoms with van der Waals surface area (Å²) in [5.41, 5.74) is 4.62. The summed E-state index contributed by atoms with van der Waals surface area (Å²) in [5, 5.41) is 7.91. The lowest BCUT2D eigenvalue weighted by molar-refractivity contribution is 0.414. The van der Waals surface area contributed by atoms with Crippen LogP contribution in [0.2, 0.25) is 0 Å². The Balaban J connectivity index is 0.00000243. The lowest BCUT2D eigenvalue weighted by Gasteiger charge is -2.29. The summed E-state index contributed by atoms with van der Waals surface area (Å²) in [4.78, 5) is 1.22. The first-order valence-corrected chi connectivity index (χ1v) is 9.01. The average Bonchev–Trinajstić information content (AvgIpc) is 2.62. The summed E-state index contributed by atoms with van der Waals surface area (Å²) >= 11 is 1.71. The van der Waals surface area contributed by atoms with Gasteiger partial charge >= 0.3 is 0 Å². The minimum Gasteiger partial charge on any atom is -0.497 e. The molecule has 0 radical (unpaired) electrons. The number of hydrogen-bond acceptors (Lipinski definition) is 4. The topological polar surface area (TPSA) is 24.8 Å². The molecule has 3 nitrogen and oxygen atoms in total. The molecule has 136 valence electrons. The van der Waals surface area contributed by atoms with Crippen LogP contribution in [0.3, 0.4) is 0 Å². The van der Waals surface area contributed by atoms with Gasteiger partial charge in [0, 0.05) is 16.0 Å². The van der Waals surface area contributed by atoms with Crippen LogP contribution in [-0.2, 0) is 0 Å². The molecule has 0 spiro atoms. The van der Waals surface area contributed by atoms with E-state index in [-0.39, 0.29) is 17.0 Å². The third kappa shape index (κ3) is 4.40. The Morgan fingerprint density at radius 2 is 1.65 bits per heavy atom. The Morgan fingerprint density at radius 1 is 1.04 bits per heavy atom. The van der Waals surface area contributed by atoms with Gasteiger partial charge in [0.1, 0.15) is 10.8 Å². The molecule has 1 heterocycles. The third-order valence-electron chi connectivity index (χ3n) is 4.02. The molecule has 1 aliphatic heterocycles. The fraction of sp³-hybridized carbons (Fsp3) is 0.190. The van der Waals surface area contributed by atoms with E-state index in [2.05, 4.69) is 56.8 Å². The monoisotopic (exact) mass is 430 g/mol. The zero-order chi connectivity index (χ0) is 17.8. The Labute approximate surface area is 170 Å². The molecule has 0 fully saturated rings. The van der Waals surface area contributed by atoms with Crippen LogP contribution in [0.4, 0.5) is 0 Å². The van der Waals surface area contributed by atoms with Crippen LogP contribution < -0.4 is 4.74 Å². The lowest BCUT2D eigenvalue weighted by atomic mass is 10.1. The number of aryl methyl sites for hydroxylation is 1. The first kappa shape index (κ1) is 20.3. The summed E-state index contributed by atoms with van der Waals surface area (Å²) < 4.78 is 5.26. The van der Waals surface area contributed by atoms with E-state index in [1.54, 1.807) is 18.9 Å². The van der Waals surface area contributed by atoms with Crippen LogP contribution in [0.1, 0.15) is 23.6 Å². The van der Waals surface area contributed by atoms with Crippen molar-refractivity contribution in [2.45, 2.75) is 13.8 Å². The maximum Gasteiger partial charge on any atom is 0.128 e. The molecular formula is C21H23BrN2OS. The lowest BCUT2D eigenvalue weighted by Crippen LogP contribution is -2.22. The predicted octanol–water partition coefficient (Wildman–Crippen LogP) is 5.87. The molecule has 2 aromatic carbocycles. The van der Waals surface area contributed by atoms with Crippen molar-refractivity contribution < 1.29 is 4.74 Å². The molecule has 5 heteroatoms. The smallest absolute Gasteiger partial charge is 0.128 e. The number of rotatable bonds is 5. The molecule has 1 aliphatic rings. The van der Waals surface area contributed by atoms with Crippen molar-refractivity contribution in [3.8, 4) is 5.75 Å². The van der Waals surface area contributed by atoms with Gasteiger partial charge in [0.2, 0.25) is 0 Å². The van der Waals surface area contributed by atoms with Crippen LogP contribution in [0.25, 0.3) is 5.70 Å². The second-order valence-electron chi connectivity index (χ2n) is 5.88. The normalized spacial score (nSPS) is 13.8. The number of halogens is 1. The molecule has 0 N–H and O–H groups in total. The van der Waals surface area contributed by atoms with Crippen LogP contribution >= 0.6 is 28.7 Å². The second-order valence-corrected chi connectivity index (χ2v) is 7.08. The Bertz CT molecular complexity index is 826. The predicted molar refractivity (Wildman–Crippen MR) is 118 cm³/mol. The van der Waals surface area contributed by atoms with Crippen molar-refractivity contribution in [1.29, 1.82) is 0 Å². The molecule has 0 bridgehead atoms. The highest BCUT2D eigenvalue weighted by Crippen LogP contribution is 2.37. The minimum atomic E-state index is 0. The third-order valence-corrected chi connectivity index (χ3v) is 5.03. The minimum absolute atomic E-state index is 0. The molecule has 3 rings (SSSR count). The van der Waals surface area contributed by atoms with Gasteiger partial charge in [0.25, 0.3) is 0 Å². The highest BCUT2D eigenvalue weighted by Gasteiger charge is 2.22. The van der Waals surface area contributed by atoms with Crippen molar-refractivity contribution in [2.75, 3.05) is 13.7 Å². The molecule has 0 saturated heterocycles. The number of hydrazone groups is 1. The maximum absolute atomic E-state index is 5.26. The SMILES string of the molecule is Br.C=CCN1N=C(c2ccc(C)cc2)SC(C)=C1c1ccc(OC)cc1. The molecule has 0 saturated carbocycles. The first-order chi connectivity index (χ1) is 12.1. The Kier molecular flexibility index (Phi) is 7.12. The van der Waals surface area contributed by atoms with E-state index in [1.165, 1.54) is 10.5 Å². The Morgan fingerprint density at radius 3 is 2.23 bits per heavy atom. The standard InChI is InChI=1S/C21H22N2OS.BrH/c1-5-14-23-20(17-10-12-19(24-4)13-11-17)16(3)25-21(22-23)18-8-6-15(2)7-9-18;/h5-13H,1,14H2,2-4H3;1H. The fourth-order valence-electron chi connectivity index (χ4n) is 2.72. The largest absolute Gasteiger partial charge is 0.497 e. The second kappa shape index (κ2) is 9.10. The van der Waals surface area contributed by atoms with Gasteiger partial charge in [-0.05, 0) is 38.1 Å². The van der Waals surface area contributed by atoms with Gasteiger partial charge in [-0.1, -0.05) is 47.7 Å². The maximum atomic E-state index is 5.26. The van der Waals surface area contributed by atoms with Crippen molar-refractivity contribution in [3.63, 3.8) is 0 Å². The van der Waals surface area contributed by atoms with E-state index in [1.807, 2.05) is 23.2 Å². The fourth-order valence-corrected chi connectivity index (χ4v) is 3.73. The van der Waals surface area contributed by atoms with Crippen LogP contribution in [0.5, 0.6) is 5.75 Å². The summed E-state index contributed by atoms with van der Waals surface area (Å²) in [6, 6.07) is 16.6. The van der Waals surface area contributed by atoms with E-state index < -0.39 is 0 Å². The van der Waals surface area contributed by atoms with Gasteiger partial charge in [-0.15, -0.1) is 23.6 Å². The van der Waals surface area contributed by atoms with E-state index >= 15 is 0 Å². The Hall–Kier alpha value is -1.98. The number of methoxy groups -OCH3 is 1. The number of hydrogen-bond donors (Lipinski definition) is 0. The van der Waals surface area contributed by atoms with Crippen molar-refractivity contribution in [3.05, 3.63) is 82.8 Å². The average molecular weight is 431 g/mol. The van der Waals surface area contributed by atoms with E-state index in [4.69, 9.17) is 9.84 Å². The molecule has 0 unspecified atom stereocenters. The van der Waals surface area contributed by atoms with Gasteiger partial charge in [-0.2, -0.15) is 5.10 Å². The van der Waals surface area contributed by atoms with Gasteiger partial charge in [-0.25, -0.2) is 0 Å². The molecule has 0 amide bonds. The molecular weight excluding hydrogens is 408 g/mol. The number of thioether (sulfide) groups is 1. The molecule has 0 aromatic heterocycles. The number of benzene rings is 2. The van der Waals surface area contributed by atoms with Gasteiger partial charge in [0.05, 0.1) is 19.4 Å². The summed E-state index contributed by atoms with van der Waals surface area (Å²) in [5.74, 6) is 0.851. The summed E-state index contributed by atoms with van der Waals surface area (Å²) in [6.07, 6.45) is 1.88. The zero-order valence-electron chi connectivity index (χ0n) is 15.2. The number of nitrogens with zero attached hydrogens (tertiary/aromatic N) is 2. The van der Waals surface area contributed by atoms with Crippen molar-refractivity contribution >= 4 is 39.5 Å². The van der Waals surface area contributed by atoms with E-state index in [9.17, 15) is 0 Å². The van der Waals surface area contributed by atoms with Crippen LogP contribution in [-0.4, -0.2) is 23.7 Å². The van der Waals surface area contributed by atoms with Crippen LogP contribution in [0, 0.1) is 6.92 Å². The van der Waals surface area contributed by atoms with Gasteiger partial charge in [0.15, 0.2) is 0 Å². The van der Waals surface area contributed by atoms with Crippen molar-refractivity contribution in [2.24, 2.45) is 5.10 Å². The van der Waals surface area contributed by atoms with E-state index in [0.717, 1.165) is 27.6 Å². The van der Waals surface area contributed by atoms with E-state index in [0.29, 0.717) is 6.54 Å². The highest BCUT2D eigenvalue weighted by molar-refractivity contribution is 8.93. The molecule has 0 atom stereocenters. The quantitative estimate of drug-likeness (QED) is 0.554. The van der Waals surface area contributed by atoms with Gasteiger partial charge < -0.3 is 4.74 Å². The van der Waals surface area contributed by atoms with Gasteiger partial charge in [-0.3, -0.25) is 5.01 Å². The molecule has 2 aromatic rings. The van der Waals surface area contributed by atoms with Crippen molar-refractivity contribution in [1.82, 2.24) is 5.01 Å². The zero-order valence-corrected chi connectivity index (χ0v) is 17.8. The first-order valence-electron chi connectivity index (χ1n) is 8.19. The summed E-state index contributed by atoms with van der Waals surface area (Å²) in [7, 11) is 1.68.